The van der Waals surface area contributed by atoms with Crippen molar-refractivity contribution in [3.8, 4) is 0 Å². The largest absolute Gasteiger partial charge is 0.468 e. The number of carbonyl (C=O) groups is 2. The van der Waals surface area contributed by atoms with Crippen LogP contribution in [0.15, 0.2) is 36.0 Å². The number of nitrogens with one attached hydrogen (secondary N) is 1. The van der Waals surface area contributed by atoms with Gasteiger partial charge in [-0.1, -0.05) is 30.4 Å². The van der Waals surface area contributed by atoms with Crippen LogP contribution in [0.3, 0.4) is 0 Å². The maximum absolute atomic E-state index is 11.2. The maximum Gasteiger partial charge on any atom is 0.407 e. The summed E-state index contributed by atoms with van der Waals surface area (Å²) >= 11 is 0. The Morgan fingerprint density at radius 2 is 1.95 bits per heavy atom. The van der Waals surface area contributed by atoms with Crippen molar-refractivity contribution >= 4 is 12.1 Å². The zero-order valence-corrected chi connectivity index (χ0v) is 12.4. The number of alkyl carbamates (subject to hydrolysis) is 1. The molecule has 0 aromatic rings. The Kier molecular flexibility index (Phi) is 9.74. The van der Waals surface area contributed by atoms with Gasteiger partial charge in [-0.05, 0) is 32.3 Å². The second-order valence-electron chi connectivity index (χ2n) is 4.34. The summed E-state index contributed by atoms with van der Waals surface area (Å²) in [6, 6.07) is 0. The van der Waals surface area contributed by atoms with Crippen molar-refractivity contribution in [1.82, 2.24) is 5.32 Å². The molecule has 0 spiro atoms. The van der Waals surface area contributed by atoms with Gasteiger partial charge in [-0.15, -0.1) is 0 Å². The van der Waals surface area contributed by atoms with Crippen LogP contribution >= 0.6 is 0 Å². The first kappa shape index (κ1) is 18.0. The lowest BCUT2D eigenvalue weighted by molar-refractivity contribution is -0.139. The van der Waals surface area contributed by atoms with E-state index >= 15 is 0 Å². The van der Waals surface area contributed by atoms with E-state index in [-0.39, 0.29) is 13.2 Å². The van der Waals surface area contributed by atoms with Gasteiger partial charge in [-0.25, -0.2) is 4.79 Å². The van der Waals surface area contributed by atoms with Crippen LogP contribution in [0.5, 0.6) is 0 Å². The van der Waals surface area contributed by atoms with Crippen LogP contribution in [-0.2, 0) is 14.3 Å². The Morgan fingerprint density at radius 3 is 2.55 bits per heavy atom. The summed E-state index contributed by atoms with van der Waals surface area (Å²) in [6.45, 7) is 7.59. The smallest absolute Gasteiger partial charge is 0.407 e. The zero-order valence-electron chi connectivity index (χ0n) is 12.4. The molecule has 0 aliphatic heterocycles. The van der Waals surface area contributed by atoms with Gasteiger partial charge in [-0.2, -0.15) is 0 Å². The summed E-state index contributed by atoms with van der Waals surface area (Å²) in [5.41, 5.74) is 2.21. The Bertz CT molecular complexity index is 397. The molecule has 5 heteroatoms. The average Bonchev–Trinajstić information content (AvgIpc) is 2.42. The molecule has 0 saturated heterocycles. The first-order chi connectivity index (χ1) is 9.49. The van der Waals surface area contributed by atoms with E-state index < -0.39 is 12.1 Å². The molecule has 0 unspecified atom stereocenters. The van der Waals surface area contributed by atoms with Crippen molar-refractivity contribution in [1.29, 1.82) is 0 Å². The topological polar surface area (TPSA) is 64.6 Å². The fraction of sp³-hybridized carbons (Fsp3) is 0.467. The number of ether oxygens (including phenoxy) is 2. The van der Waals surface area contributed by atoms with E-state index in [9.17, 15) is 9.59 Å². The normalized spacial score (nSPS) is 11.8. The molecule has 0 aliphatic carbocycles. The van der Waals surface area contributed by atoms with Gasteiger partial charge in [0.05, 0.1) is 7.11 Å². The molecule has 0 heterocycles. The number of allylic oxidation sites excluding steroid dienone is 4. The van der Waals surface area contributed by atoms with Crippen molar-refractivity contribution in [3.05, 3.63) is 36.0 Å². The second kappa shape index (κ2) is 10.8. The number of hydrogen-bond acceptors (Lipinski definition) is 4. The summed E-state index contributed by atoms with van der Waals surface area (Å²) < 4.78 is 9.34. The third kappa shape index (κ3) is 9.94. The van der Waals surface area contributed by atoms with E-state index in [2.05, 4.69) is 16.6 Å². The lowest BCUT2D eigenvalue weighted by Gasteiger charge is -2.06. The van der Waals surface area contributed by atoms with Gasteiger partial charge in [0.2, 0.25) is 0 Å². The predicted octanol–water partition coefficient (Wildman–Crippen LogP) is 2.74. The minimum atomic E-state index is -0.633. The van der Waals surface area contributed by atoms with E-state index in [1.165, 1.54) is 12.7 Å². The molecule has 0 aromatic heterocycles. The number of amides is 1. The Morgan fingerprint density at radius 1 is 1.25 bits per heavy atom. The third-order valence-electron chi connectivity index (χ3n) is 2.47. The fourth-order valence-electron chi connectivity index (χ4n) is 1.34. The van der Waals surface area contributed by atoms with Crippen LogP contribution in [0.1, 0.15) is 26.7 Å². The minimum absolute atomic E-state index is 0.191. The van der Waals surface area contributed by atoms with Crippen LogP contribution in [0, 0.1) is 0 Å². The first-order valence-corrected chi connectivity index (χ1v) is 6.40. The molecule has 0 aliphatic rings. The van der Waals surface area contributed by atoms with Gasteiger partial charge < -0.3 is 14.8 Å². The molecule has 112 valence electrons. The molecular formula is C15H23NO4. The van der Waals surface area contributed by atoms with Gasteiger partial charge in [0.1, 0.15) is 13.2 Å². The molecule has 0 rings (SSSR count). The number of carbonyl (C=O) groups excluding carboxylic acids is 2. The highest BCUT2D eigenvalue weighted by Gasteiger charge is 2.05. The average molecular weight is 281 g/mol. The molecule has 0 fully saturated rings. The van der Waals surface area contributed by atoms with E-state index in [4.69, 9.17) is 4.74 Å². The summed E-state index contributed by atoms with van der Waals surface area (Å²) in [7, 11) is 1.25. The summed E-state index contributed by atoms with van der Waals surface area (Å²) in [6.07, 6.45) is 6.95. The third-order valence-corrected chi connectivity index (χ3v) is 2.47. The molecular weight excluding hydrogens is 258 g/mol. The quantitative estimate of drug-likeness (QED) is 0.422. The van der Waals surface area contributed by atoms with Crippen LogP contribution in [-0.4, -0.2) is 32.3 Å². The van der Waals surface area contributed by atoms with Crippen molar-refractivity contribution in [3.63, 3.8) is 0 Å². The van der Waals surface area contributed by atoms with Crippen LogP contribution in [0.25, 0.3) is 0 Å². The highest BCUT2D eigenvalue weighted by atomic mass is 16.6. The summed E-state index contributed by atoms with van der Waals surface area (Å²) in [5.74, 6) is -0.515. The number of hydrogen-bond donors (Lipinski definition) is 1. The van der Waals surface area contributed by atoms with E-state index in [0.29, 0.717) is 0 Å². The van der Waals surface area contributed by atoms with Gasteiger partial charge >= 0.3 is 12.1 Å². The van der Waals surface area contributed by atoms with Gasteiger partial charge in [0, 0.05) is 0 Å². The molecule has 1 N–H and O–H groups in total. The van der Waals surface area contributed by atoms with Crippen molar-refractivity contribution in [2.45, 2.75) is 26.7 Å². The first-order valence-electron chi connectivity index (χ1n) is 6.40. The molecule has 0 saturated carbocycles. The molecule has 5 nitrogen and oxygen atoms in total. The lowest BCUT2D eigenvalue weighted by atomic mass is 10.1. The number of methoxy groups -OCH3 is 1. The summed E-state index contributed by atoms with van der Waals surface area (Å²) in [5, 5.41) is 2.30. The van der Waals surface area contributed by atoms with E-state index in [1.807, 2.05) is 26.0 Å². The second-order valence-corrected chi connectivity index (χ2v) is 4.34. The Hall–Kier alpha value is -2.04. The van der Waals surface area contributed by atoms with Crippen molar-refractivity contribution in [2.75, 3.05) is 20.3 Å². The van der Waals surface area contributed by atoms with Crippen molar-refractivity contribution in [2.24, 2.45) is 0 Å². The van der Waals surface area contributed by atoms with Gasteiger partial charge in [0.15, 0.2) is 0 Å². The van der Waals surface area contributed by atoms with E-state index in [0.717, 1.165) is 18.4 Å². The SMILES string of the molecule is C=C/C=C(\C)CC/C=C(\C)COC(=O)NCC(=O)OC. The highest BCUT2D eigenvalue weighted by Crippen LogP contribution is 2.07. The molecule has 0 radical (unpaired) electrons. The van der Waals surface area contributed by atoms with Crippen molar-refractivity contribution < 1.29 is 19.1 Å². The maximum atomic E-state index is 11.2. The molecule has 0 aromatic carbocycles. The fourth-order valence-corrected chi connectivity index (χ4v) is 1.34. The Balaban J connectivity index is 3.88. The van der Waals surface area contributed by atoms with E-state index in [1.54, 1.807) is 6.08 Å². The zero-order chi connectivity index (χ0) is 15.4. The van der Waals surface area contributed by atoms with Gasteiger partial charge in [-0.3, -0.25) is 4.79 Å². The highest BCUT2D eigenvalue weighted by molar-refractivity contribution is 5.77. The van der Waals surface area contributed by atoms with Crippen LogP contribution < -0.4 is 5.32 Å². The number of esters is 1. The molecule has 0 atom stereocenters. The molecule has 0 bridgehead atoms. The van der Waals surface area contributed by atoms with Crippen LogP contribution in [0.2, 0.25) is 0 Å². The predicted molar refractivity (Wildman–Crippen MR) is 78.3 cm³/mol. The van der Waals surface area contributed by atoms with Crippen LogP contribution in [0.4, 0.5) is 4.79 Å². The number of rotatable bonds is 8. The summed E-state index contributed by atoms with van der Waals surface area (Å²) in [4.78, 5) is 22.0. The monoisotopic (exact) mass is 281 g/mol. The molecule has 20 heavy (non-hydrogen) atoms. The standard InChI is InChI=1S/C15H23NO4/c1-5-7-12(2)8-6-9-13(3)11-20-15(18)16-10-14(17)19-4/h5,7,9H,1,6,8,10-11H2,2-4H3,(H,16,18)/b12-7+,13-9+. The minimum Gasteiger partial charge on any atom is -0.468 e. The Labute approximate surface area is 120 Å². The van der Waals surface area contributed by atoms with Gasteiger partial charge in [0.25, 0.3) is 0 Å². The molecule has 1 amide bonds. The lowest BCUT2D eigenvalue weighted by Crippen LogP contribution is -2.30.